The van der Waals surface area contributed by atoms with Gasteiger partial charge in [0.1, 0.15) is 0 Å². The maximum Gasteiger partial charge on any atom is 0.0944 e. The van der Waals surface area contributed by atoms with Crippen molar-refractivity contribution < 1.29 is 0 Å². The highest BCUT2D eigenvalue weighted by Gasteiger charge is 2.23. The summed E-state index contributed by atoms with van der Waals surface area (Å²) in [5.74, 6) is 0. The molecule has 0 N–H and O–H groups in total. The molecule has 0 fully saturated rings. The third kappa shape index (κ3) is 3.23. The van der Waals surface area contributed by atoms with Gasteiger partial charge in [-0.25, -0.2) is 0 Å². The minimum atomic E-state index is 0.876. The Labute approximate surface area is 161 Å². The molecule has 0 saturated carbocycles. The summed E-state index contributed by atoms with van der Waals surface area (Å²) in [4.78, 5) is 11.6. The van der Waals surface area contributed by atoms with Gasteiger partial charge in [-0.15, -0.1) is 0 Å². The third-order valence-corrected chi connectivity index (χ3v) is 5.12. The lowest BCUT2D eigenvalue weighted by atomic mass is 9.99. The summed E-state index contributed by atoms with van der Waals surface area (Å²) in [5, 5.41) is 1.18. The van der Waals surface area contributed by atoms with Crippen LogP contribution in [0.1, 0.15) is 11.1 Å². The van der Waals surface area contributed by atoms with Gasteiger partial charge in [0.15, 0.2) is 0 Å². The average molecular weight is 358 g/mol. The van der Waals surface area contributed by atoms with Crippen molar-refractivity contribution in [1.29, 1.82) is 0 Å². The first-order valence-corrected chi connectivity index (χ1v) is 9.31. The van der Waals surface area contributed by atoms with Crippen LogP contribution in [0.4, 0.5) is 11.4 Å². The number of nitrogens with zero attached hydrogens (tertiary/aromatic N) is 4. The van der Waals surface area contributed by atoms with Crippen molar-refractivity contribution in [2.24, 2.45) is 0 Å². The number of rotatable bonds is 4. The summed E-state index contributed by atoms with van der Waals surface area (Å²) in [6, 6.07) is 17.3. The number of benzene rings is 2. The third-order valence-electron chi connectivity index (χ3n) is 5.12. The van der Waals surface area contributed by atoms with Gasteiger partial charge in [-0.05, 0) is 17.7 Å². The van der Waals surface area contributed by atoms with E-state index in [1.807, 2.05) is 6.20 Å². The highest BCUT2D eigenvalue weighted by molar-refractivity contribution is 5.99. The van der Waals surface area contributed by atoms with Gasteiger partial charge < -0.3 is 14.7 Å². The molecule has 4 nitrogen and oxygen atoms in total. The maximum absolute atomic E-state index is 4.87. The normalized spacial score (nSPS) is 13.3. The number of hydrogen-bond donors (Lipinski definition) is 0. The Morgan fingerprint density at radius 2 is 1.74 bits per heavy atom. The molecule has 1 aliphatic heterocycles. The van der Waals surface area contributed by atoms with E-state index in [2.05, 4.69) is 97.5 Å². The first kappa shape index (κ1) is 17.4. The first-order chi connectivity index (χ1) is 13.0. The summed E-state index contributed by atoms with van der Waals surface area (Å²) in [6.07, 6.45) is 4.28. The highest BCUT2D eigenvalue weighted by atomic mass is 15.2. The zero-order valence-electron chi connectivity index (χ0n) is 16.5. The molecule has 27 heavy (non-hydrogen) atoms. The molecule has 3 aromatic rings. The molecule has 0 spiro atoms. The predicted molar refractivity (Wildman–Crippen MR) is 115 cm³/mol. The van der Waals surface area contributed by atoms with E-state index < -0.39 is 0 Å². The largest absolute Gasteiger partial charge is 0.377 e. The fourth-order valence-corrected chi connectivity index (χ4v) is 3.71. The fourth-order valence-electron chi connectivity index (χ4n) is 3.71. The number of fused-ring (bicyclic) bond motifs is 3. The van der Waals surface area contributed by atoms with E-state index in [1.165, 1.54) is 27.9 Å². The predicted octanol–water partition coefficient (Wildman–Crippen LogP) is 4.22. The van der Waals surface area contributed by atoms with Crippen molar-refractivity contribution in [3.05, 3.63) is 71.9 Å². The molecule has 138 valence electrons. The Balaban J connectivity index is 1.87. The monoisotopic (exact) mass is 358 g/mol. The van der Waals surface area contributed by atoms with E-state index in [9.17, 15) is 0 Å². The van der Waals surface area contributed by atoms with Gasteiger partial charge in [-0.3, -0.25) is 4.98 Å². The molecule has 0 unspecified atom stereocenters. The van der Waals surface area contributed by atoms with Crippen LogP contribution in [0.15, 0.2) is 60.8 Å². The van der Waals surface area contributed by atoms with Crippen molar-refractivity contribution in [2.45, 2.75) is 6.54 Å². The van der Waals surface area contributed by atoms with Crippen LogP contribution in [0.2, 0.25) is 0 Å². The molecule has 0 bridgehead atoms. The van der Waals surface area contributed by atoms with E-state index in [0.717, 1.165) is 24.3 Å². The second-order valence-electron chi connectivity index (χ2n) is 7.47. The van der Waals surface area contributed by atoms with Crippen molar-refractivity contribution in [3.8, 4) is 0 Å². The molecule has 0 aliphatic carbocycles. The minimum Gasteiger partial charge on any atom is -0.377 e. The molecule has 2 heterocycles. The van der Waals surface area contributed by atoms with Crippen LogP contribution in [0.3, 0.4) is 0 Å². The molecule has 1 aromatic heterocycles. The van der Waals surface area contributed by atoms with Gasteiger partial charge in [0.2, 0.25) is 0 Å². The van der Waals surface area contributed by atoms with Crippen LogP contribution in [0.25, 0.3) is 16.6 Å². The van der Waals surface area contributed by atoms with E-state index >= 15 is 0 Å². The first-order valence-electron chi connectivity index (χ1n) is 9.31. The van der Waals surface area contributed by atoms with Crippen molar-refractivity contribution in [3.63, 3.8) is 0 Å². The fraction of sp³-hybridized carbons (Fsp3) is 0.261. The number of hydrogen-bond acceptors (Lipinski definition) is 4. The lowest BCUT2D eigenvalue weighted by Crippen LogP contribution is -2.29. The zero-order chi connectivity index (χ0) is 19.0. The van der Waals surface area contributed by atoms with Crippen LogP contribution in [0.5, 0.6) is 0 Å². The molecule has 1 aliphatic rings. The summed E-state index contributed by atoms with van der Waals surface area (Å²) < 4.78 is 0. The van der Waals surface area contributed by atoms with Crippen molar-refractivity contribution in [2.75, 3.05) is 44.5 Å². The Morgan fingerprint density at radius 1 is 0.963 bits per heavy atom. The van der Waals surface area contributed by atoms with Crippen LogP contribution in [-0.4, -0.2) is 44.6 Å². The van der Waals surface area contributed by atoms with Crippen LogP contribution >= 0.6 is 0 Å². The molecule has 0 atom stereocenters. The van der Waals surface area contributed by atoms with E-state index in [-0.39, 0.29) is 0 Å². The molecular weight excluding hydrogens is 332 g/mol. The average Bonchev–Trinajstić information content (AvgIpc) is 2.67. The quantitative estimate of drug-likeness (QED) is 0.696. The second kappa shape index (κ2) is 6.95. The number of anilines is 2. The lowest BCUT2D eigenvalue weighted by Gasteiger charge is -2.34. The van der Waals surface area contributed by atoms with Gasteiger partial charge >= 0.3 is 0 Å². The molecule has 0 amide bonds. The Hall–Kier alpha value is -3.01. The zero-order valence-corrected chi connectivity index (χ0v) is 16.5. The SMILES string of the molecule is CN(C)C1=CCN(Cc2ccccc2)c2c1ccc1cc(N(C)C)cnc21. The maximum atomic E-state index is 4.87. The van der Waals surface area contributed by atoms with Crippen LogP contribution < -0.4 is 9.80 Å². The van der Waals surface area contributed by atoms with Gasteiger partial charge in [-0.2, -0.15) is 0 Å². The molecule has 4 heteroatoms. The second-order valence-corrected chi connectivity index (χ2v) is 7.47. The molecule has 0 saturated heterocycles. The summed E-state index contributed by atoms with van der Waals surface area (Å²) >= 11 is 0. The van der Waals surface area contributed by atoms with Crippen LogP contribution in [-0.2, 0) is 6.54 Å². The van der Waals surface area contributed by atoms with Crippen molar-refractivity contribution >= 4 is 28.0 Å². The molecular formula is C23H26N4. The van der Waals surface area contributed by atoms with E-state index in [0.29, 0.717) is 0 Å². The van der Waals surface area contributed by atoms with Gasteiger partial charge in [0.05, 0.1) is 23.1 Å². The standard InChI is InChI=1S/C23H26N4/c1-25(2)19-14-18-10-11-20-21(26(3)4)12-13-27(23(20)22(18)24-15-19)16-17-8-6-5-7-9-17/h5-12,14-15H,13,16H2,1-4H3. The topological polar surface area (TPSA) is 22.6 Å². The summed E-state index contributed by atoms with van der Waals surface area (Å²) in [7, 11) is 8.32. The Morgan fingerprint density at radius 3 is 2.44 bits per heavy atom. The molecule has 0 radical (unpaired) electrons. The highest BCUT2D eigenvalue weighted by Crippen LogP contribution is 2.39. The molecule has 4 rings (SSSR count). The van der Waals surface area contributed by atoms with Gasteiger partial charge in [0, 0.05) is 57.9 Å². The summed E-state index contributed by atoms with van der Waals surface area (Å²) in [5.41, 5.74) is 7.24. The Bertz CT molecular complexity index is 990. The lowest BCUT2D eigenvalue weighted by molar-refractivity contribution is 0.587. The van der Waals surface area contributed by atoms with Gasteiger partial charge in [-0.1, -0.05) is 42.5 Å². The van der Waals surface area contributed by atoms with Gasteiger partial charge in [0.25, 0.3) is 0 Å². The van der Waals surface area contributed by atoms with E-state index in [4.69, 9.17) is 4.98 Å². The van der Waals surface area contributed by atoms with E-state index in [1.54, 1.807) is 0 Å². The van der Waals surface area contributed by atoms with Crippen LogP contribution in [0, 0.1) is 0 Å². The summed E-state index contributed by atoms with van der Waals surface area (Å²) in [6.45, 7) is 1.76. The molecule has 2 aromatic carbocycles. The Kier molecular flexibility index (Phi) is 4.48. The minimum absolute atomic E-state index is 0.876. The smallest absolute Gasteiger partial charge is 0.0944 e. The number of pyridine rings is 1. The number of aromatic nitrogens is 1. The van der Waals surface area contributed by atoms with Crippen molar-refractivity contribution in [1.82, 2.24) is 9.88 Å².